The summed E-state index contributed by atoms with van der Waals surface area (Å²) in [4.78, 5) is 14.5. The summed E-state index contributed by atoms with van der Waals surface area (Å²) in [6.07, 6.45) is 1.18. The van der Waals surface area contributed by atoms with Gasteiger partial charge in [-0.2, -0.15) is 8.42 Å². The molecule has 1 rings (SSSR count). The lowest BCUT2D eigenvalue weighted by molar-refractivity contribution is 0.169. The standard InChI is InChI=1S/C8H16N2O4S/c1-9(2)8(11)10-5-4-7(6-10)14-15(3,12)13/h7H,4-6H2,1-3H3/t7-/m0/s1. The molecule has 0 spiro atoms. The molecule has 0 aromatic rings. The lowest BCUT2D eigenvalue weighted by Gasteiger charge is -2.20. The minimum Gasteiger partial charge on any atom is -0.331 e. The molecule has 0 aromatic carbocycles. The first kappa shape index (κ1) is 12.3. The van der Waals surface area contributed by atoms with E-state index < -0.39 is 16.2 Å². The minimum absolute atomic E-state index is 0.116. The van der Waals surface area contributed by atoms with Gasteiger partial charge in [0.05, 0.1) is 18.9 Å². The van der Waals surface area contributed by atoms with E-state index in [1.54, 1.807) is 19.0 Å². The Labute approximate surface area is 89.9 Å². The van der Waals surface area contributed by atoms with Gasteiger partial charge in [-0.3, -0.25) is 4.18 Å². The van der Waals surface area contributed by atoms with E-state index in [4.69, 9.17) is 4.18 Å². The van der Waals surface area contributed by atoms with Gasteiger partial charge in [-0.15, -0.1) is 0 Å². The number of carbonyl (C=O) groups is 1. The summed E-state index contributed by atoms with van der Waals surface area (Å²) in [5.74, 6) is 0. The molecule has 0 bridgehead atoms. The van der Waals surface area contributed by atoms with Crippen LogP contribution >= 0.6 is 0 Å². The topological polar surface area (TPSA) is 66.9 Å². The molecular weight excluding hydrogens is 220 g/mol. The highest BCUT2D eigenvalue weighted by Crippen LogP contribution is 2.15. The molecule has 1 aliphatic rings. The molecule has 1 heterocycles. The summed E-state index contributed by atoms with van der Waals surface area (Å²) in [6, 6.07) is -0.116. The van der Waals surface area contributed by atoms with Crippen LogP contribution in [0.4, 0.5) is 4.79 Å². The Morgan fingerprint density at radius 2 is 2.07 bits per heavy atom. The largest absolute Gasteiger partial charge is 0.331 e. The number of rotatable bonds is 2. The van der Waals surface area contributed by atoms with Crippen molar-refractivity contribution in [1.29, 1.82) is 0 Å². The maximum atomic E-state index is 11.5. The van der Waals surface area contributed by atoms with E-state index in [0.29, 0.717) is 19.5 Å². The van der Waals surface area contributed by atoms with E-state index in [2.05, 4.69) is 0 Å². The fourth-order valence-electron chi connectivity index (χ4n) is 1.51. The molecule has 2 amide bonds. The molecular formula is C8H16N2O4S. The van der Waals surface area contributed by atoms with Crippen LogP contribution in [0.25, 0.3) is 0 Å². The van der Waals surface area contributed by atoms with Crippen molar-refractivity contribution in [3.63, 3.8) is 0 Å². The number of likely N-dealkylation sites (tertiary alicyclic amines) is 1. The smallest absolute Gasteiger partial charge is 0.319 e. The summed E-state index contributed by atoms with van der Waals surface area (Å²) in [7, 11) is -0.109. The molecule has 7 heteroatoms. The first-order chi connectivity index (χ1) is 6.79. The molecule has 1 atom stereocenters. The Morgan fingerprint density at radius 1 is 1.47 bits per heavy atom. The van der Waals surface area contributed by atoms with E-state index in [9.17, 15) is 13.2 Å². The average molecular weight is 236 g/mol. The third-order valence-corrected chi connectivity index (χ3v) is 2.73. The van der Waals surface area contributed by atoms with Gasteiger partial charge in [0, 0.05) is 20.6 Å². The van der Waals surface area contributed by atoms with Crippen molar-refractivity contribution < 1.29 is 17.4 Å². The quantitative estimate of drug-likeness (QED) is 0.618. The monoisotopic (exact) mass is 236 g/mol. The van der Waals surface area contributed by atoms with Crippen LogP contribution in [-0.4, -0.2) is 63.8 Å². The van der Waals surface area contributed by atoms with Crippen LogP contribution in [0.2, 0.25) is 0 Å². The maximum absolute atomic E-state index is 11.5. The van der Waals surface area contributed by atoms with Crippen molar-refractivity contribution in [2.75, 3.05) is 33.4 Å². The molecule has 0 aliphatic carbocycles. The van der Waals surface area contributed by atoms with Gasteiger partial charge in [-0.05, 0) is 6.42 Å². The summed E-state index contributed by atoms with van der Waals surface area (Å²) >= 11 is 0. The fraction of sp³-hybridized carbons (Fsp3) is 0.875. The molecule has 0 radical (unpaired) electrons. The zero-order valence-corrected chi connectivity index (χ0v) is 9.95. The number of amides is 2. The third kappa shape index (κ3) is 3.67. The Kier molecular flexibility index (Phi) is 3.56. The lowest BCUT2D eigenvalue weighted by Crippen LogP contribution is -2.38. The van der Waals surface area contributed by atoms with Gasteiger partial charge in [-0.1, -0.05) is 0 Å². The first-order valence-electron chi connectivity index (χ1n) is 4.64. The number of carbonyl (C=O) groups excluding carboxylic acids is 1. The average Bonchev–Trinajstić information content (AvgIpc) is 2.48. The van der Waals surface area contributed by atoms with Crippen molar-refractivity contribution in [2.24, 2.45) is 0 Å². The van der Waals surface area contributed by atoms with Gasteiger partial charge >= 0.3 is 6.03 Å². The van der Waals surface area contributed by atoms with Crippen molar-refractivity contribution in [2.45, 2.75) is 12.5 Å². The van der Waals surface area contributed by atoms with Crippen molar-refractivity contribution in [1.82, 2.24) is 9.80 Å². The lowest BCUT2D eigenvalue weighted by atomic mass is 10.3. The number of hydrogen-bond acceptors (Lipinski definition) is 4. The zero-order valence-electron chi connectivity index (χ0n) is 9.13. The summed E-state index contributed by atoms with van der Waals surface area (Å²) in [6.45, 7) is 0.876. The molecule has 6 nitrogen and oxygen atoms in total. The molecule has 0 N–H and O–H groups in total. The van der Waals surface area contributed by atoms with Gasteiger partial charge in [0.1, 0.15) is 0 Å². The van der Waals surface area contributed by atoms with Gasteiger partial charge in [0.2, 0.25) is 0 Å². The summed E-state index contributed by atoms with van der Waals surface area (Å²) in [5, 5.41) is 0. The Morgan fingerprint density at radius 3 is 2.53 bits per heavy atom. The molecule has 0 aromatic heterocycles. The fourth-order valence-corrected chi connectivity index (χ4v) is 2.16. The van der Waals surface area contributed by atoms with Crippen molar-refractivity contribution in [3.8, 4) is 0 Å². The van der Waals surface area contributed by atoms with E-state index in [-0.39, 0.29) is 6.03 Å². The van der Waals surface area contributed by atoms with Crippen molar-refractivity contribution >= 4 is 16.1 Å². The molecule has 0 saturated carbocycles. The predicted molar refractivity (Wildman–Crippen MR) is 55.0 cm³/mol. The molecule has 1 saturated heterocycles. The van der Waals surface area contributed by atoms with Crippen LogP contribution in [0.15, 0.2) is 0 Å². The van der Waals surface area contributed by atoms with Gasteiger partial charge in [0.25, 0.3) is 10.1 Å². The Hall–Kier alpha value is -0.820. The first-order valence-corrected chi connectivity index (χ1v) is 6.46. The van der Waals surface area contributed by atoms with Crippen LogP contribution < -0.4 is 0 Å². The van der Waals surface area contributed by atoms with Gasteiger partial charge in [0.15, 0.2) is 0 Å². The van der Waals surface area contributed by atoms with Crippen LogP contribution in [0.1, 0.15) is 6.42 Å². The summed E-state index contributed by atoms with van der Waals surface area (Å²) in [5.41, 5.74) is 0. The zero-order chi connectivity index (χ0) is 11.6. The Bertz CT molecular complexity index is 339. The van der Waals surface area contributed by atoms with Gasteiger partial charge < -0.3 is 9.80 Å². The van der Waals surface area contributed by atoms with Crippen LogP contribution in [0, 0.1) is 0 Å². The van der Waals surface area contributed by atoms with Crippen LogP contribution in [0.3, 0.4) is 0 Å². The third-order valence-electron chi connectivity index (χ3n) is 2.11. The number of nitrogens with zero attached hydrogens (tertiary/aromatic N) is 2. The van der Waals surface area contributed by atoms with Crippen LogP contribution in [0.5, 0.6) is 0 Å². The number of urea groups is 1. The van der Waals surface area contributed by atoms with Gasteiger partial charge in [-0.25, -0.2) is 4.79 Å². The SMILES string of the molecule is CN(C)C(=O)N1CC[C@H](OS(C)(=O)=O)C1. The van der Waals surface area contributed by atoms with E-state index in [1.807, 2.05) is 0 Å². The second-order valence-electron chi connectivity index (χ2n) is 3.83. The van der Waals surface area contributed by atoms with Crippen LogP contribution in [-0.2, 0) is 14.3 Å². The Balaban J connectivity index is 2.50. The van der Waals surface area contributed by atoms with E-state index in [0.717, 1.165) is 6.26 Å². The second kappa shape index (κ2) is 4.36. The highest BCUT2D eigenvalue weighted by molar-refractivity contribution is 7.86. The number of hydrogen-bond donors (Lipinski definition) is 0. The second-order valence-corrected chi connectivity index (χ2v) is 5.43. The molecule has 1 fully saturated rings. The van der Waals surface area contributed by atoms with E-state index in [1.165, 1.54) is 4.90 Å². The maximum Gasteiger partial charge on any atom is 0.319 e. The summed E-state index contributed by atoms with van der Waals surface area (Å²) < 4.78 is 26.5. The predicted octanol–water partition coefficient (Wildman–Crippen LogP) is -0.281. The highest BCUT2D eigenvalue weighted by atomic mass is 32.2. The normalized spacial score (nSPS) is 21.8. The molecule has 1 aliphatic heterocycles. The van der Waals surface area contributed by atoms with Crippen molar-refractivity contribution in [3.05, 3.63) is 0 Å². The van der Waals surface area contributed by atoms with E-state index >= 15 is 0 Å². The molecule has 0 unspecified atom stereocenters. The highest BCUT2D eigenvalue weighted by Gasteiger charge is 2.29. The minimum atomic E-state index is -3.43. The molecule has 88 valence electrons. The molecule has 15 heavy (non-hydrogen) atoms.